The van der Waals surface area contributed by atoms with E-state index in [1.807, 2.05) is 37.3 Å². The number of aromatic carboxylic acids is 1. The summed E-state index contributed by atoms with van der Waals surface area (Å²) in [5.41, 5.74) is 2.41. The summed E-state index contributed by atoms with van der Waals surface area (Å²) in [5, 5.41) is 9.46. The van der Waals surface area contributed by atoms with Crippen LogP contribution in [0.4, 0.5) is 0 Å². The van der Waals surface area contributed by atoms with Crippen molar-refractivity contribution in [3.8, 4) is 5.75 Å². The number of aromatic nitrogens is 2. The van der Waals surface area contributed by atoms with Crippen molar-refractivity contribution >= 4 is 11.6 Å². The van der Waals surface area contributed by atoms with Crippen LogP contribution in [0.1, 0.15) is 28.7 Å². The van der Waals surface area contributed by atoms with E-state index in [9.17, 15) is 9.90 Å². The Kier molecular flexibility index (Phi) is 3.78. The van der Waals surface area contributed by atoms with E-state index >= 15 is 0 Å². The van der Waals surface area contributed by atoms with Crippen molar-refractivity contribution in [2.45, 2.75) is 13.3 Å². The number of nitrogens with zero attached hydrogens (tertiary/aromatic N) is 2. The first-order valence-corrected chi connectivity index (χ1v) is 7.10. The monoisotopic (exact) mass is 296 g/mol. The fourth-order valence-corrected chi connectivity index (χ4v) is 2.46. The summed E-state index contributed by atoms with van der Waals surface area (Å²) in [6, 6.07) is 13.1. The molecule has 1 N–H and O–H groups in total. The second kappa shape index (κ2) is 5.89. The molecule has 0 aliphatic rings. The summed E-state index contributed by atoms with van der Waals surface area (Å²) < 4.78 is 7.01. The number of hydrogen-bond acceptors (Lipinski definition) is 3. The van der Waals surface area contributed by atoms with Crippen LogP contribution in [0.25, 0.3) is 5.65 Å². The molecule has 0 spiro atoms. The van der Waals surface area contributed by atoms with Gasteiger partial charge in [0.2, 0.25) is 0 Å². The number of ether oxygens (including phenoxy) is 1. The third kappa shape index (κ3) is 2.65. The van der Waals surface area contributed by atoms with Gasteiger partial charge in [0, 0.05) is 12.6 Å². The van der Waals surface area contributed by atoms with E-state index in [2.05, 4.69) is 4.98 Å². The van der Waals surface area contributed by atoms with Crippen molar-refractivity contribution < 1.29 is 14.6 Å². The van der Waals surface area contributed by atoms with Gasteiger partial charge >= 0.3 is 5.97 Å². The molecule has 0 saturated heterocycles. The number of fused-ring (bicyclic) bond motifs is 1. The Hall–Kier alpha value is -2.82. The quantitative estimate of drug-likeness (QED) is 0.786. The Balaban J connectivity index is 1.96. The lowest BCUT2D eigenvalue weighted by Gasteiger charge is -2.04. The van der Waals surface area contributed by atoms with Gasteiger partial charge in [0.15, 0.2) is 5.69 Å². The summed E-state index contributed by atoms with van der Waals surface area (Å²) in [5.74, 6) is -0.167. The highest BCUT2D eigenvalue weighted by atomic mass is 16.5. The van der Waals surface area contributed by atoms with E-state index < -0.39 is 5.97 Å². The van der Waals surface area contributed by atoms with E-state index in [-0.39, 0.29) is 5.69 Å². The summed E-state index contributed by atoms with van der Waals surface area (Å²) in [6.45, 7) is 2.55. The zero-order valence-electron chi connectivity index (χ0n) is 12.2. The van der Waals surface area contributed by atoms with Crippen LogP contribution in [-0.2, 0) is 6.42 Å². The minimum Gasteiger partial charge on any atom is -0.494 e. The normalized spacial score (nSPS) is 10.8. The first-order chi connectivity index (χ1) is 10.7. The maximum atomic E-state index is 11.5. The number of carbonyl (C=O) groups is 1. The lowest BCUT2D eigenvalue weighted by Crippen LogP contribution is -2.05. The van der Waals surface area contributed by atoms with Gasteiger partial charge in [-0.05, 0) is 36.8 Å². The van der Waals surface area contributed by atoms with Crippen molar-refractivity contribution in [2.24, 2.45) is 0 Å². The minimum absolute atomic E-state index is 0.212. The Bertz CT molecular complexity index is 806. The number of carboxylic acid groups (broad SMARTS) is 1. The van der Waals surface area contributed by atoms with Gasteiger partial charge in [0.05, 0.1) is 12.3 Å². The number of carboxylic acids is 1. The second-order valence-corrected chi connectivity index (χ2v) is 4.89. The number of imidazole rings is 1. The number of pyridine rings is 1. The van der Waals surface area contributed by atoms with Crippen LogP contribution >= 0.6 is 0 Å². The minimum atomic E-state index is -0.973. The predicted octanol–water partition coefficient (Wildman–Crippen LogP) is 3.02. The fraction of sp³-hybridized carbons (Fsp3) is 0.176. The van der Waals surface area contributed by atoms with Crippen molar-refractivity contribution in [2.75, 3.05) is 6.61 Å². The van der Waals surface area contributed by atoms with E-state index in [4.69, 9.17) is 4.74 Å². The second-order valence-electron chi connectivity index (χ2n) is 4.89. The Labute approximate surface area is 127 Å². The molecule has 22 heavy (non-hydrogen) atoms. The molecule has 0 fully saturated rings. The highest BCUT2D eigenvalue weighted by molar-refractivity contribution is 5.88. The summed E-state index contributed by atoms with van der Waals surface area (Å²) in [6.07, 6.45) is 2.18. The average molecular weight is 296 g/mol. The van der Waals surface area contributed by atoms with Crippen LogP contribution in [0.2, 0.25) is 0 Å². The van der Waals surface area contributed by atoms with Gasteiger partial charge in [-0.3, -0.25) is 4.40 Å². The first kappa shape index (κ1) is 14.1. The predicted molar refractivity (Wildman–Crippen MR) is 82.6 cm³/mol. The Morgan fingerprint density at radius 2 is 2.00 bits per heavy atom. The molecule has 0 amide bonds. The maximum absolute atomic E-state index is 11.5. The molecule has 0 aliphatic heterocycles. The number of rotatable bonds is 5. The third-order valence-corrected chi connectivity index (χ3v) is 3.41. The van der Waals surface area contributed by atoms with Crippen molar-refractivity contribution in [3.05, 3.63) is 65.6 Å². The molecule has 2 heterocycles. The van der Waals surface area contributed by atoms with Crippen LogP contribution in [0.15, 0.2) is 48.7 Å². The van der Waals surface area contributed by atoms with Crippen molar-refractivity contribution in [3.63, 3.8) is 0 Å². The molecule has 0 saturated carbocycles. The first-order valence-electron chi connectivity index (χ1n) is 7.10. The van der Waals surface area contributed by atoms with Gasteiger partial charge < -0.3 is 9.84 Å². The fourth-order valence-electron chi connectivity index (χ4n) is 2.46. The van der Waals surface area contributed by atoms with Gasteiger partial charge in [0.1, 0.15) is 11.4 Å². The molecule has 5 nitrogen and oxygen atoms in total. The van der Waals surface area contributed by atoms with Crippen molar-refractivity contribution in [1.82, 2.24) is 9.38 Å². The molecule has 0 atom stereocenters. The highest BCUT2D eigenvalue weighted by Crippen LogP contribution is 2.19. The Morgan fingerprint density at radius 3 is 2.68 bits per heavy atom. The van der Waals surface area contributed by atoms with E-state index in [1.165, 1.54) is 0 Å². The molecule has 0 aliphatic carbocycles. The molecule has 3 rings (SSSR count). The number of benzene rings is 1. The van der Waals surface area contributed by atoms with Crippen LogP contribution in [0, 0.1) is 0 Å². The van der Waals surface area contributed by atoms with E-state index in [1.54, 1.807) is 22.7 Å². The standard InChI is InChI=1S/C17H16N2O3/c1-2-22-13-8-6-12(7-9-13)11-14-16(17(20)21)19-10-4-3-5-15(19)18-14/h3-10H,2,11H2,1H3,(H,20,21). The molecule has 0 bridgehead atoms. The molecule has 1 aromatic carbocycles. The molecule has 0 unspecified atom stereocenters. The molecule has 3 aromatic rings. The third-order valence-electron chi connectivity index (χ3n) is 3.41. The van der Waals surface area contributed by atoms with Crippen molar-refractivity contribution in [1.29, 1.82) is 0 Å². The van der Waals surface area contributed by atoms with Gasteiger partial charge in [-0.1, -0.05) is 18.2 Å². The van der Waals surface area contributed by atoms with Crippen LogP contribution in [-0.4, -0.2) is 27.1 Å². The molecule has 112 valence electrons. The Morgan fingerprint density at radius 1 is 1.23 bits per heavy atom. The lowest BCUT2D eigenvalue weighted by molar-refractivity contribution is 0.0688. The van der Waals surface area contributed by atoms with Crippen LogP contribution < -0.4 is 4.74 Å². The zero-order chi connectivity index (χ0) is 15.5. The average Bonchev–Trinajstić information content (AvgIpc) is 2.87. The van der Waals surface area contributed by atoms with Gasteiger partial charge in [0.25, 0.3) is 0 Å². The largest absolute Gasteiger partial charge is 0.494 e. The van der Waals surface area contributed by atoms with Crippen LogP contribution in [0.3, 0.4) is 0 Å². The molecule has 0 radical (unpaired) electrons. The maximum Gasteiger partial charge on any atom is 0.354 e. The lowest BCUT2D eigenvalue weighted by atomic mass is 10.1. The molecular weight excluding hydrogens is 280 g/mol. The summed E-state index contributed by atoms with van der Waals surface area (Å²) in [4.78, 5) is 16.0. The number of hydrogen-bond donors (Lipinski definition) is 1. The van der Waals surface area contributed by atoms with Gasteiger partial charge in [-0.2, -0.15) is 0 Å². The topological polar surface area (TPSA) is 63.8 Å². The van der Waals surface area contributed by atoms with Crippen LogP contribution in [0.5, 0.6) is 5.75 Å². The highest BCUT2D eigenvalue weighted by Gasteiger charge is 2.18. The summed E-state index contributed by atoms with van der Waals surface area (Å²) >= 11 is 0. The smallest absolute Gasteiger partial charge is 0.354 e. The zero-order valence-corrected chi connectivity index (χ0v) is 12.2. The van der Waals surface area contributed by atoms with Gasteiger partial charge in [-0.25, -0.2) is 9.78 Å². The summed E-state index contributed by atoms with van der Waals surface area (Å²) in [7, 11) is 0. The van der Waals surface area contributed by atoms with E-state index in [0.29, 0.717) is 24.4 Å². The van der Waals surface area contributed by atoms with E-state index in [0.717, 1.165) is 11.3 Å². The molecule has 2 aromatic heterocycles. The molecular formula is C17H16N2O3. The van der Waals surface area contributed by atoms with Gasteiger partial charge in [-0.15, -0.1) is 0 Å². The molecule has 5 heteroatoms. The SMILES string of the molecule is CCOc1ccc(Cc2nc3ccccn3c2C(=O)O)cc1.